The van der Waals surface area contributed by atoms with Crippen molar-refractivity contribution in [3.05, 3.63) is 45.4 Å². The summed E-state index contributed by atoms with van der Waals surface area (Å²) in [5.41, 5.74) is -1.40. The molecule has 1 aliphatic rings. The molecule has 0 radical (unpaired) electrons. The molecule has 0 spiro atoms. The molecule has 1 saturated carbocycles. The van der Waals surface area contributed by atoms with Crippen molar-refractivity contribution in [1.29, 1.82) is 0 Å². The summed E-state index contributed by atoms with van der Waals surface area (Å²) in [6.45, 7) is 2.04. The summed E-state index contributed by atoms with van der Waals surface area (Å²) in [5.74, 6) is -3.38. The van der Waals surface area contributed by atoms with Gasteiger partial charge in [0.2, 0.25) is 0 Å². The molecule has 166 valence electrons. The van der Waals surface area contributed by atoms with Crippen LogP contribution in [0.4, 0.5) is 13.2 Å². The molecule has 0 aliphatic heterocycles. The fourth-order valence-corrected chi connectivity index (χ4v) is 4.55. The largest absolute Gasteiger partial charge is 0.416 e. The van der Waals surface area contributed by atoms with Crippen LogP contribution in [0.5, 0.6) is 0 Å². The number of ketones is 3. The Hall–Kier alpha value is -2.69. The number of thioether (sulfide) groups is 1. The highest BCUT2D eigenvalue weighted by molar-refractivity contribution is 7.98. The normalized spacial score (nSPS) is 15.5. The smallest absolute Gasteiger partial charge is 0.298 e. The number of hydrogen-bond acceptors (Lipinski definition) is 6. The van der Waals surface area contributed by atoms with Crippen LogP contribution in [0.3, 0.4) is 0 Å². The SMILES string of the molecule is CCn1c(SCc2cc(C(F)(F)F)ccc2C(=O)C2C(=O)CCCC2=O)nn(C)c1=O. The summed E-state index contributed by atoms with van der Waals surface area (Å²) in [7, 11) is 1.46. The zero-order valence-electron chi connectivity index (χ0n) is 16.9. The van der Waals surface area contributed by atoms with Gasteiger partial charge >= 0.3 is 11.9 Å². The van der Waals surface area contributed by atoms with Crippen molar-refractivity contribution in [3.8, 4) is 0 Å². The van der Waals surface area contributed by atoms with Crippen LogP contribution in [-0.4, -0.2) is 31.7 Å². The Bertz CT molecular complexity index is 1090. The van der Waals surface area contributed by atoms with Crippen LogP contribution >= 0.6 is 11.8 Å². The maximum Gasteiger partial charge on any atom is 0.416 e. The van der Waals surface area contributed by atoms with Crippen molar-refractivity contribution in [3.63, 3.8) is 0 Å². The third-order valence-corrected chi connectivity index (χ3v) is 6.11. The lowest BCUT2D eigenvalue weighted by Gasteiger charge is -2.20. The first kappa shape index (κ1) is 23.0. The highest BCUT2D eigenvalue weighted by Crippen LogP contribution is 2.34. The van der Waals surface area contributed by atoms with E-state index in [0.29, 0.717) is 13.0 Å². The van der Waals surface area contributed by atoms with E-state index >= 15 is 0 Å². The van der Waals surface area contributed by atoms with Gasteiger partial charge < -0.3 is 0 Å². The molecule has 0 bridgehead atoms. The summed E-state index contributed by atoms with van der Waals surface area (Å²) in [6, 6.07) is 2.62. The van der Waals surface area contributed by atoms with E-state index in [1.165, 1.54) is 11.6 Å². The van der Waals surface area contributed by atoms with Crippen LogP contribution in [0.15, 0.2) is 28.2 Å². The number of benzene rings is 1. The molecule has 7 nitrogen and oxygen atoms in total. The predicted molar refractivity (Wildman–Crippen MR) is 106 cm³/mol. The Morgan fingerprint density at radius 3 is 2.42 bits per heavy atom. The summed E-state index contributed by atoms with van der Waals surface area (Å²) >= 11 is 1.00. The number of halogens is 3. The van der Waals surface area contributed by atoms with Crippen LogP contribution in [0.1, 0.15) is 47.7 Å². The third-order valence-electron chi connectivity index (χ3n) is 5.10. The maximum atomic E-state index is 13.3. The number of carbonyl (C=O) groups excluding carboxylic acids is 3. The average molecular weight is 455 g/mol. The predicted octanol–water partition coefficient (Wildman–Crippen LogP) is 3.03. The monoisotopic (exact) mass is 455 g/mol. The van der Waals surface area contributed by atoms with Gasteiger partial charge in [-0.25, -0.2) is 9.48 Å². The topological polar surface area (TPSA) is 91.0 Å². The van der Waals surface area contributed by atoms with Crippen molar-refractivity contribution in [1.82, 2.24) is 14.3 Å². The Balaban J connectivity index is 1.99. The van der Waals surface area contributed by atoms with Crippen molar-refractivity contribution >= 4 is 29.1 Å². The average Bonchev–Trinajstić information content (AvgIpc) is 2.98. The minimum atomic E-state index is -4.63. The molecule has 1 aliphatic carbocycles. The lowest BCUT2D eigenvalue weighted by Crippen LogP contribution is -2.35. The fraction of sp³-hybridized carbons (Fsp3) is 0.450. The van der Waals surface area contributed by atoms with Gasteiger partial charge in [-0.15, -0.1) is 5.10 Å². The molecular weight excluding hydrogens is 435 g/mol. The van der Waals surface area contributed by atoms with E-state index in [0.717, 1.165) is 34.6 Å². The van der Waals surface area contributed by atoms with Gasteiger partial charge in [0.15, 0.2) is 22.5 Å². The standard InChI is InChI=1S/C20H20F3N3O4S/c1-3-26-18(24-25(2)19(26)30)31-10-11-9-12(20(21,22)23)7-8-13(11)17(29)16-14(27)5-4-6-15(16)28/h7-9,16H,3-6,10H2,1-2H3. The van der Waals surface area contributed by atoms with E-state index in [1.54, 1.807) is 6.92 Å². The van der Waals surface area contributed by atoms with Gasteiger partial charge in [-0.1, -0.05) is 17.8 Å². The van der Waals surface area contributed by atoms with Crippen molar-refractivity contribution in [2.75, 3.05) is 0 Å². The Morgan fingerprint density at radius 2 is 1.84 bits per heavy atom. The highest BCUT2D eigenvalue weighted by atomic mass is 32.2. The maximum absolute atomic E-state index is 13.3. The van der Waals surface area contributed by atoms with Gasteiger partial charge in [0.1, 0.15) is 5.92 Å². The number of rotatable bonds is 6. The molecule has 1 fully saturated rings. The molecule has 31 heavy (non-hydrogen) atoms. The Morgan fingerprint density at radius 1 is 1.19 bits per heavy atom. The fourth-order valence-electron chi connectivity index (χ4n) is 3.48. The number of aryl methyl sites for hydroxylation is 1. The number of Topliss-reactive ketones (excluding diaryl/α,β-unsaturated/α-hetero) is 3. The van der Waals surface area contributed by atoms with E-state index in [9.17, 15) is 32.3 Å². The third kappa shape index (κ3) is 4.65. The van der Waals surface area contributed by atoms with Gasteiger partial charge in [-0.05, 0) is 31.0 Å². The zero-order valence-corrected chi connectivity index (χ0v) is 17.7. The molecule has 1 heterocycles. The molecule has 0 amide bonds. The second-order valence-corrected chi connectivity index (χ2v) is 8.12. The second kappa shape index (κ2) is 8.81. The van der Waals surface area contributed by atoms with Crippen LogP contribution < -0.4 is 5.69 Å². The molecule has 2 aromatic rings. The van der Waals surface area contributed by atoms with Crippen molar-refractivity contribution < 1.29 is 27.6 Å². The van der Waals surface area contributed by atoms with Crippen LogP contribution in [0.25, 0.3) is 0 Å². The molecular formula is C20H20F3N3O4S. The molecule has 11 heteroatoms. The number of carbonyl (C=O) groups is 3. The minimum absolute atomic E-state index is 0.0248. The molecule has 3 rings (SSSR count). The van der Waals surface area contributed by atoms with Gasteiger partial charge in [0.25, 0.3) is 0 Å². The minimum Gasteiger partial charge on any atom is -0.298 e. The molecule has 0 atom stereocenters. The Labute approximate surface area is 179 Å². The summed E-state index contributed by atoms with van der Waals surface area (Å²) in [6.07, 6.45) is -4.09. The quantitative estimate of drug-likeness (QED) is 0.378. The van der Waals surface area contributed by atoms with E-state index < -0.39 is 35.0 Å². The lowest BCUT2D eigenvalue weighted by atomic mass is 9.80. The number of aromatic nitrogens is 3. The van der Waals surface area contributed by atoms with E-state index in [2.05, 4.69) is 5.10 Å². The van der Waals surface area contributed by atoms with Gasteiger partial charge in [0.05, 0.1) is 5.56 Å². The molecule has 1 aromatic carbocycles. The number of alkyl halides is 3. The van der Waals surface area contributed by atoms with Crippen LogP contribution in [0, 0.1) is 5.92 Å². The van der Waals surface area contributed by atoms with E-state index in [1.807, 2.05) is 0 Å². The summed E-state index contributed by atoms with van der Waals surface area (Å²) in [4.78, 5) is 49.4. The number of hydrogen-bond donors (Lipinski definition) is 0. The van der Waals surface area contributed by atoms with E-state index in [4.69, 9.17) is 0 Å². The molecule has 0 unspecified atom stereocenters. The second-order valence-electron chi connectivity index (χ2n) is 7.17. The van der Waals surface area contributed by atoms with Crippen molar-refractivity contribution in [2.24, 2.45) is 13.0 Å². The van der Waals surface area contributed by atoms with Crippen LogP contribution in [-0.2, 0) is 35.1 Å². The summed E-state index contributed by atoms with van der Waals surface area (Å²) in [5, 5.41) is 4.36. The van der Waals surface area contributed by atoms with Gasteiger partial charge in [-0.2, -0.15) is 13.2 Å². The number of nitrogens with zero attached hydrogens (tertiary/aromatic N) is 3. The highest BCUT2D eigenvalue weighted by Gasteiger charge is 2.38. The van der Waals surface area contributed by atoms with Gasteiger partial charge in [-0.3, -0.25) is 19.0 Å². The van der Waals surface area contributed by atoms with Crippen molar-refractivity contribution in [2.45, 2.75) is 49.8 Å². The first-order valence-corrected chi connectivity index (χ1v) is 10.6. The zero-order chi connectivity index (χ0) is 22.9. The lowest BCUT2D eigenvalue weighted by molar-refractivity contribution is -0.138. The first-order valence-electron chi connectivity index (χ1n) is 9.61. The molecule has 0 N–H and O–H groups in total. The summed E-state index contributed by atoms with van der Waals surface area (Å²) < 4.78 is 42.2. The van der Waals surface area contributed by atoms with Gasteiger partial charge in [0, 0.05) is 37.8 Å². The first-order chi connectivity index (χ1) is 14.5. The van der Waals surface area contributed by atoms with Crippen LogP contribution in [0.2, 0.25) is 0 Å². The van der Waals surface area contributed by atoms with E-state index in [-0.39, 0.29) is 40.6 Å². The molecule has 0 saturated heterocycles. The molecule has 1 aromatic heterocycles. The Kier molecular flexibility index (Phi) is 6.54.